The summed E-state index contributed by atoms with van der Waals surface area (Å²) in [4.78, 5) is 2.57. The van der Waals surface area contributed by atoms with Crippen molar-refractivity contribution in [3.05, 3.63) is 30.0 Å². The molecule has 0 aliphatic carbocycles. The van der Waals surface area contributed by atoms with E-state index >= 15 is 0 Å². The monoisotopic (exact) mass is 301 g/mol. The maximum Gasteiger partial charge on any atom is 0.119 e. The first-order valence-corrected chi connectivity index (χ1v) is 8.40. The zero-order valence-electron chi connectivity index (χ0n) is 13.6. The van der Waals surface area contributed by atoms with Crippen LogP contribution in [-0.2, 0) is 13.0 Å². The molecule has 1 aliphatic rings. The SMILES string of the molecule is COc1ccc2c(c1)c(CCN1CCCC1)cn2CCCN. The van der Waals surface area contributed by atoms with Crippen molar-refractivity contribution in [2.45, 2.75) is 32.2 Å². The Morgan fingerprint density at radius 1 is 1.18 bits per heavy atom. The predicted octanol–water partition coefficient (Wildman–Crippen LogP) is 2.64. The van der Waals surface area contributed by atoms with Gasteiger partial charge >= 0.3 is 0 Å². The summed E-state index contributed by atoms with van der Waals surface area (Å²) in [5, 5.41) is 1.33. The van der Waals surface area contributed by atoms with Gasteiger partial charge in [0, 0.05) is 30.2 Å². The highest BCUT2D eigenvalue weighted by Gasteiger charge is 2.14. The Morgan fingerprint density at radius 2 is 2.00 bits per heavy atom. The molecule has 2 aromatic rings. The van der Waals surface area contributed by atoms with Crippen LogP contribution in [0.3, 0.4) is 0 Å². The molecule has 2 heterocycles. The summed E-state index contributed by atoms with van der Waals surface area (Å²) in [5.74, 6) is 0.937. The number of ether oxygens (including phenoxy) is 1. The quantitative estimate of drug-likeness (QED) is 0.855. The third-order valence-corrected chi connectivity index (χ3v) is 4.67. The minimum atomic E-state index is 0.735. The van der Waals surface area contributed by atoms with E-state index < -0.39 is 0 Å². The second-order valence-corrected chi connectivity index (χ2v) is 6.17. The molecule has 1 fully saturated rings. The van der Waals surface area contributed by atoms with E-state index in [1.807, 2.05) is 6.07 Å². The van der Waals surface area contributed by atoms with Crippen molar-refractivity contribution in [2.24, 2.45) is 5.73 Å². The minimum absolute atomic E-state index is 0.735. The van der Waals surface area contributed by atoms with Crippen LogP contribution in [0, 0.1) is 0 Å². The smallest absolute Gasteiger partial charge is 0.119 e. The number of likely N-dealkylation sites (tertiary alicyclic amines) is 1. The number of methoxy groups -OCH3 is 1. The van der Waals surface area contributed by atoms with Gasteiger partial charge in [-0.25, -0.2) is 0 Å². The highest BCUT2D eigenvalue weighted by Crippen LogP contribution is 2.27. The molecule has 4 nitrogen and oxygen atoms in total. The lowest BCUT2D eigenvalue weighted by Gasteiger charge is -2.13. The van der Waals surface area contributed by atoms with Gasteiger partial charge in [-0.3, -0.25) is 0 Å². The average Bonchev–Trinajstić information content (AvgIpc) is 3.18. The third kappa shape index (κ3) is 3.28. The topological polar surface area (TPSA) is 43.4 Å². The first-order chi connectivity index (χ1) is 10.8. The second kappa shape index (κ2) is 7.16. The number of aromatic nitrogens is 1. The van der Waals surface area contributed by atoms with Crippen molar-refractivity contribution in [2.75, 3.05) is 33.3 Å². The Morgan fingerprint density at radius 3 is 2.73 bits per heavy atom. The number of rotatable bonds is 7. The lowest BCUT2D eigenvalue weighted by atomic mass is 10.1. The van der Waals surface area contributed by atoms with E-state index in [9.17, 15) is 0 Å². The maximum atomic E-state index is 5.67. The molecule has 0 atom stereocenters. The number of fused-ring (bicyclic) bond motifs is 1. The molecule has 0 unspecified atom stereocenters. The molecular formula is C18H27N3O. The molecule has 1 saturated heterocycles. The van der Waals surface area contributed by atoms with E-state index in [4.69, 9.17) is 10.5 Å². The number of benzene rings is 1. The summed E-state index contributed by atoms with van der Waals surface area (Å²) in [6, 6.07) is 6.39. The predicted molar refractivity (Wildman–Crippen MR) is 91.5 cm³/mol. The van der Waals surface area contributed by atoms with Crippen LogP contribution < -0.4 is 10.5 Å². The summed E-state index contributed by atoms with van der Waals surface area (Å²) < 4.78 is 7.75. The maximum absolute atomic E-state index is 5.67. The fraction of sp³-hybridized carbons (Fsp3) is 0.556. The van der Waals surface area contributed by atoms with Crippen LogP contribution in [0.5, 0.6) is 5.75 Å². The summed E-state index contributed by atoms with van der Waals surface area (Å²) in [6.07, 6.45) is 7.15. The Bertz CT molecular complexity index is 614. The van der Waals surface area contributed by atoms with E-state index in [1.54, 1.807) is 7.11 Å². The molecule has 4 heteroatoms. The van der Waals surface area contributed by atoms with Gasteiger partial charge in [-0.05, 0) is 69.1 Å². The molecule has 0 bridgehead atoms. The molecule has 120 valence electrons. The molecule has 0 spiro atoms. The van der Waals surface area contributed by atoms with Crippen molar-refractivity contribution in [1.82, 2.24) is 9.47 Å². The van der Waals surface area contributed by atoms with Crippen LogP contribution in [-0.4, -0.2) is 42.8 Å². The van der Waals surface area contributed by atoms with Gasteiger partial charge in [-0.1, -0.05) is 0 Å². The number of nitrogens with two attached hydrogens (primary N) is 1. The lowest BCUT2D eigenvalue weighted by molar-refractivity contribution is 0.344. The van der Waals surface area contributed by atoms with Gasteiger partial charge in [-0.2, -0.15) is 0 Å². The minimum Gasteiger partial charge on any atom is -0.497 e. The average molecular weight is 301 g/mol. The summed E-state index contributed by atoms with van der Waals surface area (Å²) in [5.41, 5.74) is 8.40. The molecule has 3 rings (SSSR count). The first-order valence-electron chi connectivity index (χ1n) is 8.40. The first kappa shape index (κ1) is 15.4. The van der Waals surface area contributed by atoms with Gasteiger partial charge < -0.3 is 19.9 Å². The van der Waals surface area contributed by atoms with Crippen LogP contribution in [0.15, 0.2) is 24.4 Å². The largest absolute Gasteiger partial charge is 0.497 e. The van der Waals surface area contributed by atoms with Crippen LogP contribution >= 0.6 is 0 Å². The standard InChI is InChI=1S/C18H27N3O/c1-22-16-5-6-18-17(13-16)15(14-21(18)11-4-8-19)7-12-20-9-2-3-10-20/h5-6,13-14H,2-4,7-12,19H2,1H3. The highest BCUT2D eigenvalue weighted by molar-refractivity contribution is 5.85. The van der Waals surface area contributed by atoms with Gasteiger partial charge in [-0.15, -0.1) is 0 Å². The Labute approximate surface area is 132 Å². The van der Waals surface area contributed by atoms with Crippen molar-refractivity contribution in [3.8, 4) is 5.75 Å². The molecule has 1 aromatic heterocycles. The molecule has 0 saturated carbocycles. The summed E-state index contributed by atoms with van der Waals surface area (Å²) >= 11 is 0. The summed E-state index contributed by atoms with van der Waals surface area (Å²) in [7, 11) is 1.73. The second-order valence-electron chi connectivity index (χ2n) is 6.17. The molecule has 2 N–H and O–H groups in total. The number of hydrogen-bond acceptors (Lipinski definition) is 3. The molecule has 1 aliphatic heterocycles. The van der Waals surface area contributed by atoms with Crippen LogP contribution in [0.4, 0.5) is 0 Å². The van der Waals surface area contributed by atoms with E-state index in [0.29, 0.717) is 0 Å². The molecular weight excluding hydrogens is 274 g/mol. The van der Waals surface area contributed by atoms with Gasteiger partial charge in [0.25, 0.3) is 0 Å². The molecule has 22 heavy (non-hydrogen) atoms. The molecule has 1 aromatic carbocycles. The number of nitrogens with zero attached hydrogens (tertiary/aromatic N) is 2. The Kier molecular flexibility index (Phi) is 5.01. The van der Waals surface area contributed by atoms with Crippen molar-refractivity contribution < 1.29 is 4.74 Å². The van der Waals surface area contributed by atoms with Gasteiger partial charge in [0.05, 0.1) is 7.11 Å². The van der Waals surface area contributed by atoms with E-state index in [1.165, 1.54) is 42.4 Å². The zero-order valence-corrected chi connectivity index (χ0v) is 13.6. The highest BCUT2D eigenvalue weighted by atomic mass is 16.5. The van der Waals surface area contributed by atoms with E-state index in [2.05, 4.69) is 27.8 Å². The van der Waals surface area contributed by atoms with Crippen molar-refractivity contribution in [1.29, 1.82) is 0 Å². The third-order valence-electron chi connectivity index (χ3n) is 4.67. The van der Waals surface area contributed by atoms with Gasteiger partial charge in [0.2, 0.25) is 0 Å². The zero-order chi connectivity index (χ0) is 15.4. The van der Waals surface area contributed by atoms with Crippen LogP contribution in [0.2, 0.25) is 0 Å². The van der Waals surface area contributed by atoms with Gasteiger partial charge in [0.1, 0.15) is 5.75 Å². The number of aryl methyl sites for hydroxylation is 1. The van der Waals surface area contributed by atoms with E-state index in [0.717, 1.165) is 38.2 Å². The fourth-order valence-corrected chi connectivity index (χ4v) is 3.41. The van der Waals surface area contributed by atoms with Crippen LogP contribution in [0.25, 0.3) is 10.9 Å². The lowest BCUT2D eigenvalue weighted by Crippen LogP contribution is -2.21. The van der Waals surface area contributed by atoms with Crippen molar-refractivity contribution >= 4 is 10.9 Å². The normalized spacial score (nSPS) is 15.7. The Balaban J connectivity index is 1.85. The molecule has 0 radical (unpaired) electrons. The molecule has 0 amide bonds. The summed E-state index contributed by atoms with van der Waals surface area (Å²) in [6.45, 7) is 5.40. The van der Waals surface area contributed by atoms with Crippen LogP contribution in [0.1, 0.15) is 24.8 Å². The number of hydrogen-bond donors (Lipinski definition) is 1. The van der Waals surface area contributed by atoms with E-state index in [-0.39, 0.29) is 0 Å². The fourth-order valence-electron chi connectivity index (χ4n) is 3.41. The Hall–Kier alpha value is -1.52. The van der Waals surface area contributed by atoms with Crippen molar-refractivity contribution in [3.63, 3.8) is 0 Å². The van der Waals surface area contributed by atoms with Gasteiger partial charge in [0.15, 0.2) is 0 Å².